The standard InChI is InChI=1S/C47H88O12S/c1-3-5-7-9-11-13-15-17-19-20-22-23-25-27-29-31-33-35-42(48)56-37-40(38-57-47-46(52)45(51)44(50)41(59-47)39-60(53,54)55)58-43(49)36-34-32-30-28-26-24-21-18-16-14-12-10-8-6-4-2/h24,26,40-41,44-47,50-52H,3-23,25,27-39H2,1-2H3,(H,53,54,55)/b26-24+/t40-,41-,44-,45?,46?,47+/m1/s1. The molecule has 0 spiro atoms. The van der Waals surface area contributed by atoms with Gasteiger partial charge in [-0.2, -0.15) is 8.42 Å². The molecule has 1 saturated heterocycles. The number of rotatable bonds is 41. The monoisotopic (exact) mass is 877 g/mol. The first-order chi connectivity index (χ1) is 29.0. The summed E-state index contributed by atoms with van der Waals surface area (Å²) in [7, 11) is -4.60. The number of carbonyl (C=O) groups excluding carboxylic acids is 2. The zero-order chi connectivity index (χ0) is 44.1. The lowest BCUT2D eigenvalue weighted by atomic mass is 10.00. The molecule has 1 aliphatic rings. The lowest BCUT2D eigenvalue weighted by molar-refractivity contribution is -0.297. The Morgan fingerprint density at radius 3 is 1.40 bits per heavy atom. The van der Waals surface area contributed by atoms with Crippen molar-refractivity contribution in [1.82, 2.24) is 0 Å². The van der Waals surface area contributed by atoms with Crippen LogP contribution in [0.25, 0.3) is 0 Å². The van der Waals surface area contributed by atoms with Gasteiger partial charge >= 0.3 is 11.9 Å². The molecule has 1 aliphatic heterocycles. The average Bonchev–Trinajstić information content (AvgIpc) is 3.21. The molecule has 6 atom stereocenters. The van der Waals surface area contributed by atoms with Crippen LogP contribution in [0.4, 0.5) is 0 Å². The fraction of sp³-hybridized carbons (Fsp3) is 0.915. The first-order valence-electron chi connectivity index (χ1n) is 24.2. The Labute approximate surface area is 365 Å². The van der Waals surface area contributed by atoms with Gasteiger partial charge in [0, 0.05) is 12.8 Å². The van der Waals surface area contributed by atoms with Crippen LogP contribution in [0.15, 0.2) is 12.2 Å². The van der Waals surface area contributed by atoms with Gasteiger partial charge in [-0.1, -0.05) is 180 Å². The second-order valence-corrected chi connectivity index (χ2v) is 18.6. The summed E-state index contributed by atoms with van der Waals surface area (Å²) in [4.78, 5) is 25.4. The van der Waals surface area contributed by atoms with Crippen LogP contribution in [0.1, 0.15) is 219 Å². The number of aliphatic hydroxyl groups excluding tert-OH is 3. The number of ether oxygens (including phenoxy) is 4. The maximum atomic E-state index is 12.8. The summed E-state index contributed by atoms with van der Waals surface area (Å²) < 4.78 is 54.1. The minimum atomic E-state index is -4.60. The van der Waals surface area contributed by atoms with Crippen molar-refractivity contribution in [3.63, 3.8) is 0 Å². The molecule has 4 N–H and O–H groups in total. The Morgan fingerprint density at radius 2 is 0.950 bits per heavy atom. The molecular formula is C47H88O12S. The van der Waals surface area contributed by atoms with Crippen molar-refractivity contribution < 1.29 is 56.8 Å². The fourth-order valence-corrected chi connectivity index (χ4v) is 8.25. The van der Waals surface area contributed by atoms with Gasteiger partial charge < -0.3 is 34.3 Å². The normalized spacial score (nSPS) is 20.1. The third-order valence-electron chi connectivity index (χ3n) is 11.3. The maximum absolute atomic E-state index is 12.8. The van der Waals surface area contributed by atoms with Gasteiger partial charge in [-0.3, -0.25) is 14.1 Å². The number of unbranched alkanes of at least 4 members (excludes halogenated alkanes) is 27. The molecule has 1 heterocycles. The summed E-state index contributed by atoms with van der Waals surface area (Å²) in [6.07, 6.45) is 31.1. The summed E-state index contributed by atoms with van der Waals surface area (Å²) in [6, 6.07) is 0. The number of esters is 2. The van der Waals surface area contributed by atoms with Crippen molar-refractivity contribution in [2.24, 2.45) is 0 Å². The molecule has 2 unspecified atom stereocenters. The van der Waals surface area contributed by atoms with E-state index < -0.39 is 71.2 Å². The van der Waals surface area contributed by atoms with Gasteiger partial charge in [-0.25, -0.2) is 0 Å². The minimum absolute atomic E-state index is 0.148. The lowest BCUT2D eigenvalue weighted by Gasteiger charge is -2.40. The molecule has 0 amide bonds. The third-order valence-corrected chi connectivity index (χ3v) is 12.1. The second kappa shape index (κ2) is 37.9. The van der Waals surface area contributed by atoms with Crippen molar-refractivity contribution in [1.29, 1.82) is 0 Å². The molecule has 1 rings (SSSR count). The van der Waals surface area contributed by atoms with E-state index in [1.165, 1.54) is 135 Å². The quantitative estimate of drug-likeness (QED) is 0.0197. The van der Waals surface area contributed by atoms with Gasteiger partial charge in [-0.05, 0) is 38.5 Å². The van der Waals surface area contributed by atoms with Crippen LogP contribution in [0.5, 0.6) is 0 Å². The topological polar surface area (TPSA) is 186 Å². The zero-order valence-corrected chi connectivity index (χ0v) is 38.6. The molecule has 13 heteroatoms. The summed E-state index contributed by atoms with van der Waals surface area (Å²) in [6.45, 7) is 3.77. The van der Waals surface area contributed by atoms with Gasteiger partial charge in [0.15, 0.2) is 12.4 Å². The van der Waals surface area contributed by atoms with Crippen LogP contribution in [0, 0.1) is 0 Å². The van der Waals surface area contributed by atoms with E-state index in [4.69, 9.17) is 18.9 Å². The predicted octanol–water partition coefficient (Wildman–Crippen LogP) is 10.2. The SMILES string of the molecule is CCCCCCCCCC/C=C/CCCCCC(=O)O[C@H](COC(=O)CCCCCCCCCCCCCCCCCCC)CO[C@H]1O[C@H](CS(=O)(=O)O)[C@@H](O)C(O)C1O. The highest BCUT2D eigenvalue weighted by Crippen LogP contribution is 2.24. The van der Waals surface area contributed by atoms with Crippen LogP contribution in [-0.4, -0.2) is 96.0 Å². The number of hydrogen-bond acceptors (Lipinski definition) is 11. The van der Waals surface area contributed by atoms with Crippen molar-refractivity contribution >= 4 is 22.1 Å². The molecular weight excluding hydrogens is 789 g/mol. The van der Waals surface area contributed by atoms with E-state index in [9.17, 15) is 37.9 Å². The van der Waals surface area contributed by atoms with E-state index in [-0.39, 0.29) is 19.4 Å². The molecule has 0 radical (unpaired) electrons. The number of allylic oxidation sites excluding steroid dienone is 2. The predicted molar refractivity (Wildman–Crippen MR) is 238 cm³/mol. The van der Waals surface area contributed by atoms with E-state index in [1.54, 1.807) is 0 Å². The van der Waals surface area contributed by atoms with Crippen molar-refractivity contribution in [3.05, 3.63) is 12.2 Å². The highest BCUT2D eigenvalue weighted by atomic mass is 32.2. The second-order valence-electron chi connectivity index (χ2n) is 17.1. The van der Waals surface area contributed by atoms with Crippen LogP contribution in [0.2, 0.25) is 0 Å². The molecule has 0 aromatic heterocycles. The van der Waals surface area contributed by atoms with E-state index in [0.29, 0.717) is 12.8 Å². The Kier molecular flexibility index (Phi) is 35.6. The summed E-state index contributed by atoms with van der Waals surface area (Å²) in [5.74, 6) is -1.99. The Hall–Kier alpha value is -1.61. The van der Waals surface area contributed by atoms with Gasteiger partial charge in [0.1, 0.15) is 36.8 Å². The molecule has 0 saturated carbocycles. The number of aliphatic hydroxyl groups is 3. The van der Waals surface area contributed by atoms with Gasteiger partial charge in [0.25, 0.3) is 10.1 Å². The van der Waals surface area contributed by atoms with Crippen molar-refractivity contribution in [2.75, 3.05) is 19.0 Å². The van der Waals surface area contributed by atoms with Crippen LogP contribution in [0.3, 0.4) is 0 Å². The Bertz CT molecular complexity index is 1170. The smallest absolute Gasteiger partial charge is 0.306 e. The Balaban J connectivity index is 2.41. The average molecular weight is 877 g/mol. The first kappa shape index (κ1) is 56.4. The molecule has 12 nitrogen and oxygen atoms in total. The van der Waals surface area contributed by atoms with Crippen molar-refractivity contribution in [2.45, 2.75) is 256 Å². The molecule has 0 bridgehead atoms. The van der Waals surface area contributed by atoms with E-state index >= 15 is 0 Å². The fourth-order valence-electron chi connectivity index (χ4n) is 7.56. The summed E-state index contributed by atoms with van der Waals surface area (Å²) in [5, 5.41) is 30.9. The van der Waals surface area contributed by atoms with E-state index in [1.807, 2.05) is 0 Å². The number of carbonyl (C=O) groups is 2. The van der Waals surface area contributed by atoms with E-state index in [2.05, 4.69) is 26.0 Å². The van der Waals surface area contributed by atoms with Crippen molar-refractivity contribution in [3.8, 4) is 0 Å². The zero-order valence-electron chi connectivity index (χ0n) is 37.8. The highest BCUT2D eigenvalue weighted by molar-refractivity contribution is 7.85. The molecule has 0 aliphatic carbocycles. The van der Waals surface area contributed by atoms with Gasteiger partial charge in [0.2, 0.25) is 0 Å². The van der Waals surface area contributed by atoms with Crippen LogP contribution in [-0.2, 0) is 38.7 Å². The van der Waals surface area contributed by atoms with E-state index in [0.717, 1.165) is 44.9 Å². The lowest BCUT2D eigenvalue weighted by Crippen LogP contribution is -2.60. The Morgan fingerprint density at radius 1 is 0.550 bits per heavy atom. The molecule has 0 aromatic rings. The van der Waals surface area contributed by atoms with Gasteiger partial charge in [-0.15, -0.1) is 0 Å². The highest BCUT2D eigenvalue weighted by Gasteiger charge is 2.46. The van der Waals surface area contributed by atoms with Crippen LogP contribution < -0.4 is 0 Å². The summed E-state index contributed by atoms with van der Waals surface area (Å²) in [5.41, 5.74) is 0. The summed E-state index contributed by atoms with van der Waals surface area (Å²) >= 11 is 0. The largest absolute Gasteiger partial charge is 0.462 e. The molecule has 1 fully saturated rings. The molecule has 60 heavy (non-hydrogen) atoms. The van der Waals surface area contributed by atoms with Crippen LogP contribution >= 0.6 is 0 Å². The minimum Gasteiger partial charge on any atom is -0.462 e. The molecule has 0 aromatic carbocycles. The van der Waals surface area contributed by atoms with Gasteiger partial charge in [0.05, 0.1) is 6.61 Å². The first-order valence-corrected chi connectivity index (χ1v) is 25.9. The maximum Gasteiger partial charge on any atom is 0.306 e. The number of hydrogen-bond donors (Lipinski definition) is 4. The third kappa shape index (κ3) is 32.1. The molecule has 354 valence electrons.